The van der Waals surface area contributed by atoms with Crippen LogP contribution in [0.15, 0.2) is 30.5 Å². The van der Waals surface area contributed by atoms with E-state index >= 15 is 0 Å². The van der Waals surface area contributed by atoms with Crippen molar-refractivity contribution >= 4 is 29.5 Å². The quantitative estimate of drug-likeness (QED) is 0.483. The number of hydrogen-bond acceptors (Lipinski definition) is 8. The number of nitrogens with one attached hydrogen (secondary N) is 1. The summed E-state index contributed by atoms with van der Waals surface area (Å²) in [5.41, 5.74) is 2.11. The summed E-state index contributed by atoms with van der Waals surface area (Å²) in [6, 6.07) is 6.60. The standard InChI is InChI=1S/C19H19ClN6O4/c1-10-12(18(27)29-4)7-8-14(22-10)15-17(26(3)25-24-15)23-19(28)30-11(2)13-6-5-9-21-16(13)20/h5-9,11H,1-4H3,(H,23,28). The SMILES string of the molecule is COC(=O)c1ccc(-c2nnn(C)c2NC(=O)OC(C)c2cccnc2Cl)nc1C. The van der Waals surface area contributed by atoms with Crippen LogP contribution in [0.5, 0.6) is 0 Å². The van der Waals surface area contributed by atoms with Crippen molar-refractivity contribution in [3.05, 3.63) is 52.4 Å². The molecule has 0 spiro atoms. The van der Waals surface area contributed by atoms with Crippen molar-refractivity contribution in [2.45, 2.75) is 20.0 Å². The van der Waals surface area contributed by atoms with Crippen molar-refractivity contribution in [2.24, 2.45) is 7.05 Å². The molecule has 0 aliphatic heterocycles. The Balaban J connectivity index is 1.81. The molecule has 0 saturated heterocycles. The number of rotatable bonds is 5. The number of esters is 1. The molecule has 3 aromatic rings. The second kappa shape index (κ2) is 8.87. The van der Waals surface area contributed by atoms with Gasteiger partial charge >= 0.3 is 12.1 Å². The van der Waals surface area contributed by atoms with Gasteiger partial charge in [-0.05, 0) is 32.0 Å². The largest absolute Gasteiger partial charge is 0.465 e. The number of aromatic nitrogens is 5. The Hall–Kier alpha value is -3.53. The van der Waals surface area contributed by atoms with Gasteiger partial charge in [0.15, 0.2) is 11.5 Å². The van der Waals surface area contributed by atoms with Crippen molar-refractivity contribution < 1.29 is 19.1 Å². The van der Waals surface area contributed by atoms with E-state index in [1.165, 1.54) is 11.8 Å². The van der Waals surface area contributed by atoms with E-state index in [0.717, 1.165) is 0 Å². The van der Waals surface area contributed by atoms with Crippen LogP contribution in [0.25, 0.3) is 11.4 Å². The van der Waals surface area contributed by atoms with Crippen LogP contribution < -0.4 is 5.32 Å². The van der Waals surface area contributed by atoms with Crippen molar-refractivity contribution in [1.29, 1.82) is 0 Å². The molecule has 1 N–H and O–H groups in total. The number of anilines is 1. The van der Waals surface area contributed by atoms with Gasteiger partial charge in [0.05, 0.1) is 24.1 Å². The van der Waals surface area contributed by atoms with Gasteiger partial charge in [-0.3, -0.25) is 10.3 Å². The number of pyridine rings is 2. The lowest BCUT2D eigenvalue weighted by Crippen LogP contribution is -2.18. The number of nitrogens with zero attached hydrogens (tertiary/aromatic N) is 5. The number of hydrogen-bond donors (Lipinski definition) is 1. The fourth-order valence-electron chi connectivity index (χ4n) is 2.74. The van der Waals surface area contributed by atoms with Crippen molar-refractivity contribution in [2.75, 3.05) is 12.4 Å². The molecule has 0 aliphatic rings. The predicted octanol–water partition coefficient (Wildman–Crippen LogP) is 3.33. The van der Waals surface area contributed by atoms with Gasteiger partial charge in [-0.25, -0.2) is 19.3 Å². The molecule has 0 saturated carbocycles. The molecule has 0 radical (unpaired) electrons. The molecule has 11 heteroatoms. The molecule has 10 nitrogen and oxygen atoms in total. The molecule has 0 aliphatic carbocycles. The topological polar surface area (TPSA) is 121 Å². The summed E-state index contributed by atoms with van der Waals surface area (Å²) in [6.07, 6.45) is 0.194. The Bertz CT molecular complexity index is 1100. The van der Waals surface area contributed by atoms with Gasteiger partial charge < -0.3 is 9.47 Å². The van der Waals surface area contributed by atoms with Crippen LogP contribution in [0.1, 0.15) is 34.6 Å². The van der Waals surface area contributed by atoms with E-state index in [2.05, 4.69) is 25.6 Å². The zero-order valence-electron chi connectivity index (χ0n) is 16.7. The summed E-state index contributed by atoms with van der Waals surface area (Å²) >= 11 is 6.05. The first kappa shape index (κ1) is 21.2. The third-order valence-corrected chi connectivity index (χ3v) is 4.61. The minimum Gasteiger partial charge on any atom is -0.465 e. The van der Waals surface area contributed by atoms with Crippen molar-refractivity contribution in [3.63, 3.8) is 0 Å². The van der Waals surface area contributed by atoms with Crippen LogP contribution in [0.3, 0.4) is 0 Å². The highest BCUT2D eigenvalue weighted by Gasteiger charge is 2.21. The molecule has 30 heavy (non-hydrogen) atoms. The number of methoxy groups -OCH3 is 1. The molecule has 1 atom stereocenters. The van der Waals surface area contributed by atoms with Gasteiger partial charge in [0.1, 0.15) is 11.3 Å². The highest BCUT2D eigenvalue weighted by molar-refractivity contribution is 6.30. The fraction of sp³-hybridized carbons (Fsp3) is 0.263. The molecule has 3 aromatic heterocycles. The molecule has 156 valence electrons. The Morgan fingerprint density at radius 2 is 2.03 bits per heavy atom. The summed E-state index contributed by atoms with van der Waals surface area (Å²) in [5, 5.41) is 10.9. The maximum Gasteiger partial charge on any atom is 0.413 e. The Morgan fingerprint density at radius 1 is 1.27 bits per heavy atom. The molecule has 1 amide bonds. The van der Waals surface area contributed by atoms with Gasteiger partial charge in [-0.1, -0.05) is 22.9 Å². The van der Waals surface area contributed by atoms with Gasteiger partial charge in [-0.15, -0.1) is 5.10 Å². The highest BCUT2D eigenvalue weighted by Crippen LogP contribution is 2.27. The molecule has 0 aromatic carbocycles. The Labute approximate surface area is 177 Å². The highest BCUT2D eigenvalue weighted by atomic mass is 35.5. The summed E-state index contributed by atoms with van der Waals surface area (Å²) in [4.78, 5) is 32.6. The Kier molecular flexibility index (Phi) is 6.26. The minimum atomic E-state index is -0.725. The van der Waals surface area contributed by atoms with Crippen molar-refractivity contribution in [1.82, 2.24) is 25.0 Å². The van der Waals surface area contributed by atoms with Crippen LogP contribution >= 0.6 is 11.6 Å². The van der Waals surface area contributed by atoms with E-state index in [1.54, 1.807) is 51.4 Å². The lowest BCUT2D eigenvalue weighted by atomic mass is 10.1. The number of ether oxygens (including phenoxy) is 2. The zero-order chi connectivity index (χ0) is 21.8. The summed E-state index contributed by atoms with van der Waals surface area (Å²) in [7, 11) is 2.91. The third-order valence-electron chi connectivity index (χ3n) is 4.29. The second-order valence-corrected chi connectivity index (χ2v) is 6.65. The van der Waals surface area contributed by atoms with Crippen molar-refractivity contribution in [3.8, 4) is 11.4 Å². The molecule has 3 rings (SSSR count). The predicted molar refractivity (Wildman–Crippen MR) is 108 cm³/mol. The normalized spacial score (nSPS) is 11.6. The second-order valence-electron chi connectivity index (χ2n) is 6.29. The lowest BCUT2D eigenvalue weighted by molar-refractivity contribution is 0.0599. The zero-order valence-corrected chi connectivity index (χ0v) is 17.5. The average Bonchev–Trinajstić information content (AvgIpc) is 3.07. The van der Waals surface area contributed by atoms with Gasteiger partial charge in [0, 0.05) is 18.8 Å². The third kappa shape index (κ3) is 4.38. The fourth-order valence-corrected chi connectivity index (χ4v) is 3.01. The minimum absolute atomic E-state index is 0.256. The Morgan fingerprint density at radius 3 is 2.70 bits per heavy atom. The van der Waals surface area contributed by atoms with E-state index in [-0.39, 0.29) is 11.0 Å². The van der Waals surface area contributed by atoms with E-state index in [0.29, 0.717) is 28.2 Å². The molecule has 0 bridgehead atoms. The monoisotopic (exact) mass is 430 g/mol. The molecule has 3 heterocycles. The number of halogens is 1. The molecular formula is C19H19ClN6O4. The van der Waals surface area contributed by atoms with E-state index in [9.17, 15) is 9.59 Å². The van der Waals surface area contributed by atoms with Crippen LogP contribution in [0.4, 0.5) is 10.6 Å². The number of carbonyl (C=O) groups excluding carboxylic acids is 2. The maximum atomic E-state index is 12.4. The first-order chi connectivity index (χ1) is 14.3. The van der Waals surface area contributed by atoms with E-state index in [1.807, 2.05) is 0 Å². The number of amides is 1. The number of carbonyl (C=O) groups is 2. The summed E-state index contributed by atoms with van der Waals surface area (Å²) in [5.74, 6) is -0.210. The maximum absolute atomic E-state index is 12.4. The van der Waals surface area contributed by atoms with Crippen LogP contribution in [-0.2, 0) is 16.5 Å². The van der Waals surface area contributed by atoms with Crippen LogP contribution in [0, 0.1) is 6.92 Å². The van der Waals surface area contributed by atoms with Gasteiger partial charge in [0.2, 0.25) is 0 Å². The average molecular weight is 431 g/mol. The summed E-state index contributed by atoms with van der Waals surface area (Å²) in [6.45, 7) is 3.36. The lowest BCUT2D eigenvalue weighted by Gasteiger charge is -2.15. The van der Waals surface area contributed by atoms with E-state index in [4.69, 9.17) is 21.1 Å². The van der Waals surface area contributed by atoms with Crippen LogP contribution in [0.2, 0.25) is 5.15 Å². The van der Waals surface area contributed by atoms with E-state index < -0.39 is 18.2 Å². The molecular weight excluding hydrogens is 412 g/mol. The molecule has 0 fully saturated rings. The smallest absolute Gasteiger partial charge is 0.413 e. The molecule has 1 unspecified atom stereocenters. The van der Waals surface area contributed by atoms with Gasteiger partial charge in [0.25, 0.3) is 0 Å². The first-order valence-corrected chi connectivity index (χ1v) is 9.23. The summed E-state index contributed by atoms with van der Waals surface area (Å²) < 4.78 is 11.5. The van der Waals surface area contributed by atoms with Gasteiger partial charge in [-0.2, -0.15) is 0 Å². The first-order valence-electron chi connectivity index (χ1n) is 8.85. The number of aryl methyl sites for hydroxylation is 2. The van der Waals surface area contributed by atoms with Crippen LogP contribution in [-0.4, -0.2) is 44.1 Å².